The quantitative estimate of drug-likeness (QED) is 0.346. The monoisotopic (exact) mass is 340 g/mol. The molecule has 0 aliphatic rings. The van der Waals surface area contributed by atoms with Crippen molar-refractivity contribution in [2.45, 2.75) is 13.0 Å². The van der Waals surface area contributed by atoms with Crippen LogP contribution in [-0.4, -0.2) is 23.0 Å². The number of para-hydroxylation sites is 1. The van der Waals surface area contributed by atoms with Crippen molar-refractivity contribution in [1.82, 2.24) is 10.7 Å². The van der Waals surface area contributed by atoms with Crippen LogP contribution in [0.25, 0.3) is 0 Å². The summed E-state index contributed by atoms with van der Waals surface area (Å²) in [6.07, 6.45) is 0.777. The molecule has 8 nitrogen and oxygen atoms in total. The number of nitrogens with zero attached hydrogens (tertiary/aromatic N) is 2. The summed E-state index contributed by atoms with van der Waals surface area (Å²) in [6, 6.07) is 15.3. The number of nitro benzene ring substituents is 1. The number of nitrogens with one attached hydrogen (secondary N) is 2. The van der Waals surface area contributed by atoms with Crippen LogP contribution in [0.1, 0.15) is 17.5 Å². The Morgan fingerprint density at radius 2 is 1.72 bits per heavy atom. The van der Waals surface area contributed by atoms with E-state index in [0.29, 0.717) is 6.54 Å². The molecule has 0 heterocycles. The maximum atomic E-state index is 11.7. The SMILES string of the molecule is O=C(CC(=O)NN=Cc1ccccc1[N+](=O)[O-])NCc1ccccc1. The van der Waals surface area contributed by atoms with E-state index in [0.717, 1.165) is 11.8 Å². The minimum absolute atomic E-state index is 0.124. The van der Waals surface area contributed by atoms with Crippen LogP contribution in [0.15, 0.2) is 59.7 Å². The Morgan fingerprint density at radius 1 is 1.04 bits per heavy atom. The van der Waals surface area contributed by atoms with E-state index in [9.17, 15) is 19.7 Å². The molecule has 8 heteroatoms. The number of carbonyl (C=O) groups excluding carboxylic acids is 2. The third kappa shape index (κ3) is 5.87. The molecule has 0 unspecified atom stereocenters. The zero-order valence-electron chi connectivity index (χ0n) is 13.2. The summed E-state index contributed by atoms with van der Waals surface area (Å²) >= 11 is 0. The highest BCUT2D eigenvalue weighted by molar-refractivity contribution is 5.97. The summed E-state index contributed by atoms with van der Waals surface area (Å²) in [5.41, 5.74) is 3.22. The molecule has 0 fully saturated rings. The average molecular weight is 340 g/mol. The van der Waals surface area contributed by atoms with E-state index in [-0.39, 0.29) is 17.7 Å². The fourth-order valence-corrected chi connectivity index (χ4v) is 1.98. The smallest absolute Gasteiger partial charge is 0.278 e. The van der Waals surface area contributed by atoms with Crippen LogP contribution < -0.4 is 10.7 Å². The Labute approximate surface area is 143 Å². The zero-order chi connectivity index (χ0) is 18.1. The highest BCUT2D eigenvalue weighted by Gasteiger charge is 2.11. The van der Waals surface area contributed by atoms with E-state index in [1.165, 1.54) is 18.2 Å². The first-order valence-corrected chi connectivity index (χ1v) is 7.42. The first-order chi connectivity index (χ1) is 12.1. The summed E-state index contributed by atoms with van der Waals surface area (Å²) in [7, 11) is 0. The van der Waals surface area contributed by atoms with E-state index < -0.39 is 16.7 Å². The molecular weight excluding hydrogens is 324 g/mol. The summed E-state index contributed by atoms with van der Waals surface area (Å²) in [5, 5.41) is 17.1. The minimum Gasteiger partial charge on any atom is -0.352 e. The number of carbonyl (C=O) groups is 2. The molecule has 2 aromatic carbocycles. The number of hydrogen-bond donors (Lipinski definition) is 2. The van der Waals surface area contributed by atoms with Gasteiger partial charge in [0, 0.05) is 12.6 Å². The van der Waals surface area contributed by atoms with Crippen molar-refractivity contribution < 1.29 is 14.5 Å². The lowest BCUT2D eigenvalue weighted by molar-refractivity contribution is -0.385. The summed E-state index contributed by atoms with van der Waals surface area (Å²) < 4.78 is 0. The lowest BCUT2D eigenvalue weighted by Crippen LogP contribution is -2.29. The molecule has 2 rings (SSSR count). The number of hydrazone groups is 1. The van der Waals surface area contributed by atoms with Crippen LogP contribution in [0.5, 0.6) is 0 Å². The second kappa shape index (κ2) is 8.92. The Hall–Kier alpha value is -3.55. The van der Waals surface area contributed by atoms with Crippen molar-refractivity contribution in [3.05, 3.63) is 75.8 Å². The largest absolute Gasteiger partial charge is 0.352 e. The molecule has 0 aliphatic heterocycles. The average Bonchev–Trinajstić information content (AvgIpc) is 2.61. The van der Waals surface area contributed by atoms with E-state index in [4.69, 9.17) is 0 Å². The third-order valence-electron chi connectivity index (χ3n) is 3.18. The Balaban J connectivity index is 1.80. The maximum Gasteiger partial charge on any atom is 0.278 e. The van der Waals surface area contributed by atoms with Crippen molar-refractivity contribution in [2.75, 3.05) is 0 Å². The first-order valence-electron chi connectivity index (χ1n) is 7.42. The van der Waals surface area contributed by atoms with Crippen molar-refractivity contribution in [1.29, 1.82) is 0 Å². The van der Waals surface area contributed by atoms with E-state index >= 15 is 0 Å². The van der Waals surface area contributed by atoms with Gasteiger partial charge in [-0.1, -0.05) is 42.5 Å². The Bertz CT molecular complexity index is 790. The van der Waals surface area contributed by atoms with Crippen molar-refractivity contribution in [3.8, 4) is 0 Å². The van der Waals surface area contributed by atoms with Crippen LogP contribution in [0.4, 0.5) is 5.69 Å². The molecule has 0 bridgehead atoms. The summed E-state index contributed by atoms with van der Waals surface area (Å²) in [6.45, 7) is 0.326. The number of nitro groups is 1. The van der Waals surface area contributed by atoms with Crippen LogP contribution in [-0.2, 0) is 16.1 Å². The normalized spacial score (nSPS) is 10.4. The van der Waals surface area contributed by atoms with Crippen LogP contribution >= 0.6 is 0 Å². The van der Waals surface area contributed by atoms with Crippen molar-refractivity contribution >= 4 is 23.7 Å². The summed E-state index contributed by atoms with van der Waals surface area (Å²) in [5.74, 6) is -1.05. The minimum atomic E-state index is -0.611. The van der Waals surface area contributed by atoms with E-state index in [1.807, 2.05) is 30.3 Å². The van der Waals surface area contributed by atoms with Crippen LogP contribution in [0.2, 0.25) is 0 Å². The molecule has 128 valence electrons. The van der Waals surface area contributed by atoms with Gasteiger partial charge in [-0.15, -0.1) is 0 Å². The molecule has 0 atom stereocenters. The molecule has 2 N–H and O–H groups in total. The van der Waals surface area contributed by atoms with Crippen molar-refractivity contribution in [2.24, 2.45) is 5.10 Å². The van der Waals surface area contributed by atoms with Gasteiger partial charge < -0.3 is 5.32 Å². The molecule has 25 heavy (non-hydrogen) atoms. The van der Waals surface area contributed by atoms with Crippen LogP contribution in [0.3, 0.4) is 0 Å². The molecule has 0 saturated heterocycles. The molecule has 0 radical (unpaired) electrons. The maximum absolute atomic E-state index is 11.7. The number of amides is 2. The molecule has 0 aliphatic carbocycles. The predicted molar refractivity (Wildman–Crippen MR) is 91.7 cm³/mol. The lowest BCUT2D eigenvalue weighted by atomic mass is 10.2. The second-order valence-corrected chi connectivity index (χ2v) is 5.05. The third-order valence-corrected chi connectivity index (χ3v) is 3.18. The first kappa shape index (κ1) is 17.8. The number of rotatable bonds is 7. The summed E-state index contributed by atoms with van der Waals surface area (Å²) in [4.78, 5) is 33.7. The standard InChI is InChI=1S/C17H16N4O4/c22-16(18-11-13-6-2-1-3-7-13)10-17(23)20-19-12-14-8-4-5-9-15(14)21(24)25/h1-9,12H,10-11H2,(H,18,22)(H,20,23). The van der Waals surface area contributed by atoms with Gasteiger partial charge in [0.05, 0.1) is 16.7 Å². The lowest BCUT2D eigenvalue weighted by Gasteiger charge is -2.04. The van der Waals surface area contributed by atoms with Crippen molar-refractivity contribution in [3.63, 3.8) is 0 Å². The number of benzene rings is 2. The molecule has 2 amide bonds. The van der Waals surface area contributed by atoms with Gasteiger partial charge >= 0.3 is 0 Å². The van der Waals surface area contributed by atoms with Gasteiger partial charge in [0.15, 0.2) is 0 Å². The fraction of sp³-hybridized carbons (Fsp3) is 0.118. The highest BCUT2D eigenvalue weighted by Crippen LogP contribution is 2.14. The van der Waals surface area contributed by atoms with E-state index in [2.05, 4.69) is 15.8 Å². The van der Waals surface area contributed by atoms with Gasteiger partial charge in [0.25, 0.3) is 5.69 Å². The molecular formula is C17H16N4O4. The second-order valence-electron chi connectivity index (χ2n) is 5.05. The van der Waals surface area contributed by atoms with Gasteiger partial charge in [-0.2, -0.15) is 5.10 Å². The van der Waals surface area contributed by atoms with Gasteiger partial charge in [-0.25, -0.2) is 5.43 Å². The highest BCUT2D eigenvalue weighted by atomic mass is 16.6. The fourth-order valence-electron chi connectivity index (χ4n) is 1.98. The molecule has 2 aromatic rings. The van der Waals surface area contributed by atoms with Gasteiger partial charge in [-0.05, 0) is 11.6 Å². The predicted octanol–water partition coefficient (Wildman–Crippen LogP) is 1.75. The topological polar surface area (TPSA) is 114 Å². The van der Waals surface area contributed by atoms with E-state index in [1.54, 1.807) is 6.07 Å². The van der Waals surface area contributed by atoms with Gasteiger partial charge in [-0.3, -0.25) is 19.7 Å². The Kier molecular flexibility index (Phi) is 6.35. The zero-order valence-corrected chi connectivity index (χ0v) is 13.2. The van der Waals surface area contributed by atoms with Crippen LogP contribution in [0, 0.1) is 10.1 Å². The van der Waals surface area contributed by atoms with Gasteiger partial charge in [0.1, 0.15) is 6.42 Å². The Morgan fingerprint density at radius 3 is 2.44 bits per heavy atom. The molecule has 0 spiro atoms. The number of hydrogen-bond acceptors (Lipinski definition) is 5. The molecule has 0 saturated carbocycles. The van der Waals surface area contributed by atoms with Gasteiger partial charge in [0.2, 0.25) is 11.8 Å². The molecule has 0 aromatic heterocycles.